The van der Waals surface area contributed by atoms with E-state index in [4.69, 9.17) is 11.6 Å². The zero-order chi connectivity index (χ0) is 15.6. The summed E-state index contributed by atoms with van der Waals surface area (Å²) in [6, 6.07) is 0. The monoisotopic (exact) mass is 307 g/mol. The Morgan fingerprint density at radius 2 is 1.90 bits per heavy atom. The molecular weight excluding hydrogens is 286 g/mol. The van der Waals surface area contributed by atoms with Crippen LogP contribution in [0.4, 0.5) is 5.82 Å². The largest absolute Gasteiger partial charge is 0.365 e. The van der Waals surface area contributed by atoms with Gasteiger partial charge in [0.15, 0.2) is 0 Å². The van der Waals surface area contributed by atoms with Gasteiger partial charge in [0.05, 0.1) is 5.69 Å². The molecule has 0 radical (unpaired) electrons. The minimum atomic E-state index is 0.524. The van der Waals surface area contributed by atoms with Crippen LogP contribution in [-0.2, 0) is 20.0 Å². The van der Waals surface area contributed by atoms with Gasteiger partial charge in [0, 0.05) is 36.8 Å². The summed E-state index contributed by atoms with van der Waals surface area (Å²) in [4.78, 5) is 8.89. The molecule has 0 unspecified atom stereocenters. The zero-order valence-electron chi connectivity index (χ0n) is 13.3. The number of nitrogens with zero attached hydrogens (tertiary/aromatic N) is 4. The van der Waals surface area contributed by atoms with Crippen molar-refractivity contribution in [3.05, 3.63) is 33.5 Å². The highest BCUT2D eigenvalue weighted by Crippen LogP contribution is 2.22. The highest BCUT2D eigenvalue weighted by Gasteiger charge is 2.12. The van der Waals surface area contributed by atoms with Gasteiger partial charge < -0.3 is 5.32 Å². The summed E-state index contributed by atoms with van der Waals surface area (Å²) >= 11 is 6.20. The van der Waals surface area contributed by atoms with Crippen molar-refractivity contribution in [1.82, 2.24) is 19.7 Å². The number of rotatable bonds is 5. The Bertz CT molecular complexity index is 648. The number of anilines is 1. The van der Waals surface area contributed by atoms with Crippen LogP contribution in [0.25, 0.3) is 0 Å². The minimum absolute atomic E-state index is 0.524. The molecule has 0 bridgehead atoms. The molecule has 2 aromatic rings. The number of hydrogen-bond donors (Lipinski definition) is 1. The lowest BCUT2D eigenvalue weighted by Gasteiger charge is -2.11. The van der Waals surface area contributed by atoms with Crippen LogP contribution in [0.15, 0.2) is 0 Å². The summed E-state index contributed by atoms with van der Waals surface area (Å²) < 4.78 is 1.90. The van der Waals surface area contributed by atoms with Gasteiger partial charge in [-0.15, -0.1) is 0 Å². The van der Waals surface area contributed by atoms with E-state index in [0.29, 0.717) is 11.7 Å². The van der Waals surface area contributed by atoms with Crippen LogP contribution in [0.5, 0.6) is 0 Å². The summed E-state index contributed by atoms with van der Waals surface area (Å²) in [6.45, 7) is 8.81. The average molecular weight is 308 g/mol. The van der Waals surface area contributed by atoms with Crippen molar-refractivity contribution in [3.63, 3.8) is 0 Å². The fraction of sp³-hybridized carbons (Fsp3) is 0.533. The molecule has 21 heavy (non-hydrogen) atoms. The van der Waals surface area contributed by atoms with E-state index in [1.807, 2.05) is 25.6 Å². The lowest BCUT2D eigenvalue weighted by atomic mass is 10.2. The second-order valence-electron chi connectivity index (χ2n) is 5.28. The molecule has 2 rings (SSSR count). The molecule has 1 N–H and O–H groups in total. The van der Waals surface area contributed by atoms with Crippen LogP contribution in [0.2, 0.25) is 5.15 Å². The first-order valence-corrected chi connectivity index (χ1v) is 7.57. The summed E-state index contributed by atoms with van der Waals surface area (Å²) in [5, 5.41) is 8.33. The molecule has 6 heteroatoms. The minimum Gasteiger partial charge on any atom is -0.365 e. The van der Waals surface area contributed by atoms with Crippen LogP contribution in [0.3, 0.4) is 0 Å². The maximum absolute atomic E-state index is 6.20. The first-order valence-electron chi connectivity index (χ1n) is 7.20. The van der Waals surface area contributed by atoms with E-state index in [0.717, 1.165) is 41.4 Å². The Balaban J connectivity index is 2.23. The number of aromatic nitrogens is 4. The Morgan fingerprint density at radius 3 is 2.48 bits per heavy atom. The van der Waals surface area contributed by atoms with Crippen molar-refractivity contribution in [2.24, 2.45) is 7.05 Å². The topological polar surface area (TPSA) is 55.6 Å². The molecule has 0 spiro atoms. The molecule has 0 aliphatic heterocycles. The molecule has 0 fully saturated rings. The van der Waals surface area contributed by atoms with E-state index in [1.165, 1.54) is 5.56 Å². The van der Waals surface area contributed by atoms with Gasteiger partial charge in [-0.2, -0.15) is 5.10 Å². The molecule has 2 heterocycles. The SMILES string of the molecule is CCCc1nc(Cl)c(C)c(NCc2c(C)nn(C)c2C)n1. The van der Waals surface area contributed by atoms with Crippen LogP contribution in [0, 0.1) is 20.8 Å². The van der Waals surface area contributed by atoms with Gasteiger partial charge in [0.1, 0.15) is 16.8 Å². The number of nitrogens with one attached hydrogen (secondary N) is 1. The zero-order valence-corrected chi connectivity index (χ0v) is 14.0. The third-order valence-electron chi connectivity index (χ3n) is 3.70. The van der Waals surface area contributed by atoms with E-state index >= 15 is 0 Å². The van der Waals surface area contributed by atoms with Crippen molar-refractivity contribution in [3.8, 4) is 0 Å². The van der Waals surface area contributed by atoms with Gasteiger partial charge in [0.2, 0.25) is 0 Å². The first kappa shape index (κ1) is 15.8. The Morgan fingerprint density at radius 1 is 1.19 bits per heavy atom. The highest BCUT2D eigenvalue weighted by atomic mass is 35.5. The molecule has 0 aliphatic carbocycles. The Kier molecular flexibility index (Phi) is 4.83. The Hall–Kier alpha value is -1.62. The smallest absolute Gasteiger partial charge is 0.137 e. The van der Waals surface area contributed by atoms with Crippen molar-refractivity contribution < 1.29 is 0 Å². The second kappa shape index (κ2) is 6.43. The fourth-order valence-corrected chi connectivity index (χ4v) is 2.47. The maximum Gasteiger partial charge on any atom is 0.137 e. The van der Waals surface area contributed by atoms with E-state index in [-0.39, 0.29) is 0 Å². The highest BCUT2D eigenvalue weighted by molar-refractivity contribution is 6.30. The van der Waals surface area contributed by atoms with Crippen LogP contribution >= 0.6 is 11.6 Å². The van der Waals surface area contributed by atoms with Gasteiger partial charge in [0.25, 0.3) is 0 Å². The first-order chi connectivity index (χ1) is 9.93. The third kappa shape index (κ3) is 3.35. The van der Waals surface area contributed by atoms with E-state index < -0.39 is 0 Å². The molecule has 5 nitrogen and oxygen atoms in total. The third-order valence-corrected chi connectivity index (χ3v) is 4.07. The molecule has 0 aromatic carbocycles. The summed E-state index contributed by atoms with van der Waals surface area (Å²) in [5.74, 6) is 1.59. The van der Waals surface area contributed by atoms with Crippen LogP contribution in [-0.4, -0.2) is 19.7 Å². The van der Waals surface area contributed by atoms with Crippen LogP contribution in [0.1, 0.15) is 41.7 Å². The molecule has 0 saturated heterocycles. The van der Waals surface area contributed by atoms with Gasteiger partial charge in [-0.25, -0.2) is 9.97 Å². The maximum atomic E-state index is 6.20. The molecule has 0 aliphatic rings. The molecule has 0 atom stereocenters. The lowest BCUT2D eigenvalue weighted by molar-refractivity contribution is 0.730. The van der Waals surface area contributed by atoms with Crippen molar-refractivity contribution in [2.75, 3.05) is 5.32 Å². The van der Waals surface area contributed by atoms with Gasteiger partial charge in [-0.3, -0.25) is 4.68 Å². The van der Waals surface area contributed by atoms with Gasteiger partial charge in [-0.05, 0) is 27.2 Å². The Labute approximate surface area is 130 Å². The molecule has 0 saturated carbocycles. The summed E-state index contributed by atoms with van der Waals surface area (Å²) in [5.41, 5.74) is 4.28. The quantitative estimate of drug-likeness (QED) is 0.861. The predicted molar refractivity (Wildman–Crippen MR) is 85.8 cm³/mol. The van der Waals surface area contributed by atoms with Crippen molar-refractivity contribution in [1.29, 1.82) is 0 Å². The number of halogens is 1. The number of hydrogen-bond acceptors (Lipinski definition) is 4. The second-order valence-corrected chi connectivity index (χ2v) is 5.64. The molecule has 114 valence electrons. The molecule has 0 amide bonds. The fourth-order valence-electron chi connectivity index (χ4n) is 2.29. The predicted octanol–water partition coefficient (Wildman–Crippen LogP) is 3.35. The summed E-state index contributed by atoms with van der Waals surface area (Å²) in [7, 11) is 1.96. The standard InChI is InChI=1S/C15H22ClN5/c1-6-7-13-18-14(16)9(2)15(19-13)17-8-12-10(3)20-21(5)11(12)4/h6-8H2,1-5H3,(H,17,18,19). The van der Waals surface area contributed by atoms with E-state index in [9.17, 15) is 0 Å². The van der Waals surface area contributed by atoms with Crippen molar-refractivity contribution >= 4 is 17.4 Å². The van der Waals surface area contributed by atoms with E-state index in [2.05, 4.69) is 34.2 Å². The number of aryl methyl sites for hydroxylation is 3. The lowest BCUT2D eigenvalue weighted by Crippen LogP contribution is -2.08. The van der Waals surface area contributed by atoms with Crippen molar-refractivity contribution in [2.45, 2.75) is 47.1 Å². The van der Waals surface area contributed by atoms with Gasteiger partial charge >= 0.3 is 0 Å². The average Bonchev–Trinajstić information content (AvgIpc) is 2.67. The molecule has 2 aromatic heterocycles. The molecular formula is C15H22ClN5. The summed E-state index contributed by atoms with van der Waals surface area (Å²) in [6.07, 6.45) is 1.83. The van der Waals surface area contributed by atoms with E-state index in [1.54, 1.807) is 0 Å². The van der Waals surface area contributed by atoms with Gasteiger partial charge in [-0.1, -0.05) is 18.5 Å². The normalized spacial score (nSPS) is 11.0. The van der Waals surface area contributed by atoms with Crippen LogP contribution < -0.4 is 5.32 Å².